The van der Waals surface area contributed by atoms with Gasteiger partial charge in [-0.3, -0.25) is 4.79 Å². The molecule has 1 aromatic rings. The monoisotopic (exact) mass is 378 g/mol. The van der Waals surface area contributed by atoms with Crippen molar-refractivity contribution >= 4 is 21.6 Å². The highest BCUT2D eigenvalue weighted by Gasteiger charge is 2.30. The highest BCUT2D eigenvalue weighted by molar-refractivity contribution is 7.90. The minimum absolute atomic E-state index is 0.0394. The molecule has 26 heavy (non-hydrogen) atoms. The summed E-state index contributed by atoms with van der Waals surface area (Å²) in [6.45, 7) is 5.46. The summed E-state index contributed by atoms with van der Waals surface area (Å²) in [6.07, 6.45) is 6.32. The van der Waals surface area contributed by atoms with E-state index >= 15 is 0 Å². The quantitative estimate of drug-likeness (QED) is 0.825. The first kappa shape index (κ1) is 19.4. The van der Waals surface area contributed by atoms with Crippen LogP contribution in [0.4, 0.5) is 5.69 Å². The maximum atomic E-state index is 12.7. The van der Waals surface area contributed by atoms with Gasteiger partial charge in [0.1, 0.15) is 0 Å². The van der Waals surface area contributed by atoms with Crippen LogP contribution in [0, 0.1) is 12.8 Å². The molecule has 2 aliphatic rings. The fraction of sp³-hybridized carbons (Fsp3) is 0.650. The number of rotatable bonds is 5. The molecule has 1 amide bonds. The van der Waals surface area contributed by atoms with Gasteiger partial charge in [-0.1, -0.05) is 6.07 Å². The van der Waals surface area contributed by atoms with E-state index in [0.29, 0.717) is 12.8 Å². The van der Waals surface area contributed by atoms with Crippen LogP contribution in [-0.4, -0.2) is 25.6 Å². The van der Waals surface area contributed by atoms with Crippen LogP contribution in [-0.2, 0) is 27.7 Å². The molecule has 0 aliphatic heterocycles. The third-order valence-electron chi connectivity index (χ3n) is 5.88. The van der Waals surface area contributed by atoms with E-state index in [4.69, 9.17) is 0 Å². The van der Waals surface area contributed by atoms with E-state index in [1.165, 1.54) is 23.1 Å². The van der Waals surface area contributed by atoms with Crippen molar-refractivity contribution in [2.45, 2.75) is 77.0 Å². The summed E-state index contributed by atoms with van der Waals surface area (Å²) >= 11 is 0. The molecule has 0 atom stereocenters. The summed E-state index contributed by atoms with van der Waals surface area (Å²) in [6, 6.07) is 4.12. The van der Waals surface area contributed by atoms with Crippen LogP contribution < -0.4 is 10.0 Å². The predicted octanol–water partition coefficient (Wildman–Crippen LogP) is 3.31. The fourth-order valence-corrected chi connectivity index (χ4v) is 5.04. The zero-order chi connectivity index (χ0) is 18.9. The molecule has 1 saturated carbocycles. The van der Waals surface area contributed by atoms with Gasteiger partial charge in [-0.05, 0) is 88.5 Å². The molecule has 0 saturated heterocycles. The number of benzene rings is 1. The molecule has 0 heterocycles. The number of amides is 1. The van der Waals surface area contributed by atoms with Gasteiger partial charge >= 0.3 is 0 Å². The maximum Gasteiger partial charge on any atom is 0.227 e. The number of sulfonamides is 1. The SMILES string of the molecule is Cc1c(NC(=O)C2CCC(NS(=O)(=O)C(C)C)CC2)ccc2c1CCC2. The molecule has 5 nitrogen and oxygen atoms in total. The summed E-state index contributed by atoms with van der Waals surface area (Å²) in [4.78, 5) is 12.7. The van der Waals surface area contributed by atoms with Crippen LogP contribution in [0.2, 0.25) is 0 Å². The second-order valence-corrected chi connectivity index (χ2v) is 10.2. The molecule has 6 heteroatoms. The van der Waals surface area contributed by atoms with E-state index in [1.807, 2.05) is 6.07 Å². The van der Waals surface area contributed by atoms with Crippen LogP contribution >= 0.6 is 0 Å². The highest BCUT2D eigenvalue weighted by atomic mass is 32.2. The zero-order valence-corrected chi connectivity index (χ0v) is 16.8. The smallest absolute Gasteiger partial charge is 0.227 e. The van der Waals surface area contributed by atoms with E-state index in [0.717, 1.165) is 31.4 Å². The lowest BCUT2D eigenvalue weighted by atomic mass is 9.86. The Morgan fingerprint density at radius 3 is 2.46 bits per heavy atom. The minimum atomic E-state index is -3.25. The molecule has 0 bridgehead atoms. The first-order valence-corrected chi connectivity index (χ1v) is 11.3. The van der Waals surface area contributed by atoms with E-state index in [2.05, 4.69) is 23.0 Å². The average Bonchev–Trinajstić information content (AvgIpc) is 3.07. The first-order chi connectivity index (χ1) is 12.3. The summed E-state index contributed by atoms with van der Waals surface area (Å²) < 4.78 is 26.8. The molecule has 0 radical (unpaired) electrons. The fourth-order valence-electron chi connectivity index (χ4n) is 4.06. The molecular formula is C20H30N2O3S. The predicted molar refractivity (Wildman–Crippen MR) is 105 cm³/mol. The van der Waals surface area contributed by atoms with E-state index in [1.54, 1.807) is 13.8 Å². The van der Waals surface area contributed by atoms with Crippen molar-refractivity contribution in [3.63, 3.8) is 0 Å². The molecule has 0 spiro atoms. The number of carbonyl (C=O) groups is 1. The third-order valence-corrected chi connectivity index (χ3v) is 7.78. The Balaban J connectivity index is 1.56. The summed E-state index contributed by atoms with van der Waals surface area (Å²) in [7, 11) is -3.25. The molecule has 2 aliphatic carbocycles. The van der Waals surface area contributed by atoms with Crippen LogP contribution in [0.3, 0.4) is 0 Å². The van der Waals surface area contributed by atoms with Crippen molar-refractivity contribution in [2.24, 2.45) is 5.92 Å². The van der Waals surface area contributed by atoms with E-state index in [-0.39, 0.29) is 17.9 Å². The van der Waals surface area contributed by atoms with Crippen molar-refractivity contribution in [2.75, 3.05) is 5.32 Å². The van der Waals surface area contributed by atoms with Gasteiger partial charge in [-0.2, -0.15) is 0 Å². The molecule has 0 aromatic heterocycles. The molecule has 3 rings (SSSR count). The Morgan fingerprint density at radius 1 is 1.12 bits per heavy atom. The van der Waals surface area contributed by atoms with Gasteiger partial charge in [0.25, 0.3) is 0 Å². The third kappa shape index (κ3) is 4.12. The van der Waals surface area contributed by atoms with Crippen molar-refractivity contribution in [1.29, 1.82) is 0 Å². The lowest BCUT2D eigenvalue weighted by Crippen LogP contribution is -2.42. The normalized spacial score (nSPS) is 23.1. The Morgan fingerprint density at radius 2 is 1.81 bits per heavy atom. The maximum absolute atomic E-state index is 12.7. The van der Waals surface area contributed by atoms with Gasteiger partial charge in [0, 0.05) is 17.6 Å². The van der Waals surface area contributed by atoms with Gasteiger partial charge in [0.15, 0.2) is 0 Å². The topological polar surface area (TPSA) is 75.3 Å². The van der Waals surface area contributed by atoms with E-state index < -0.39 is 15.3 Å². The minimum Gasteiger partial charge on any atom is -0.326 e. The Bertz CT molecular complexity index is 778. The van der Waals surface area contributed by atoms with Crippen molar-refractivity contribution in [3.8, 4) is 0 Å². The lowest BCUT2D eigenvalue weighted by Gasteiger charge is -2.29. The average molecular weight is 379 g/mol. The van der Waals surface area contributed by atoms with Crippen molar-refractivity contribution in [3.05, 3.63) is 28.8 Å². The Labute approximate surface area is 157 Å². The van der Waals surface area contributed by atoms with Crippen LogP contribution in [0.1, 0.15) is 62.6 Å². The number of hydrogen-bond donors (Lipinski definition) is 2. The number of aryl methyl sites for hydroxylation is 1. The summed E-state index contributed by atoms with van der Waals surface area (Å²) in [5.74, 6) is 0.0265. The van der Waals surface area contributed by atoms with Gasteiger partial charge in [-0.25, -0.2) is 13.1 Å². The molecule has 144 valence electrons. The van der Waals surface area contributed by atoms with Gasteiger partial charge in [0.2, 0.25) is 15.9 Å². The Kier molecular flexibility index (Phi) is 5.72. The Hall–Kier alpha value is -1.40. The van der Waals surface area contributed by atoms with Crippen LogP contribution in [0.15, 0.2) is 12.1 Å². The highest BCUT2D eigenvalue weighted by Crippen LogP contribution is 2.31. The second-order valence-electron chi connectivity index (χ2n) is 7.98. The second kappa shape index (κ2) is 7.69. The first-order valence-electron chi connectivity index (χ1n) is 9.71. The van der Waals surface area contributed by atoms with E-state index in [9.17, 15) is 13.2 Å². The molecular weight excluding hydrogens is 348 g/mol. The number of nitrogens with one attached hydrogen (secondary N) is 2. The lowest BCUT2D eigenvalue weighted by molar-refractivity contribution is -0.120. The molecule has 1 aromatic carbocycles. The standard InChI is InChI=1S/C20H30N2O3S/c1-13(2)26(24,25)22-17-10-7-16(8-11-17)20(23)21-19-12-9-15-5-4-6-18(15)14(19)3/h9,12-13,16-17,22H,4-8,10-11H2,1-3H3,(H,21,23). The van der Waals surface area contributed by atoms with Crippen LogP contribution in [0.5, 0.6) is 0 Å². The zero-order valence-electron chi connectivity index (χ0n) is 16.0. The molecule has 1 fully saturated rings. The van der Waals surface area contributed by atoms with Crippen molar-refractivity contribution in [1.82, 2.24) is 4.72 Å². The summed E-state index contributed by atoms with van der Waals surface area (Å²) in [5.41, 5.74) is 4.94. The molecule has 2 N–H and O–H groups in total. The van der Waals surface area contributed by atoms with Crippen molar-refractivity contribution < 1.29 is 13.2 Å². The van der Waals surface area contributed by atoms with Gasteiger partial charge in [-0.15, -0.1) is 0 Å². The number of anilines is 1. The number of carbonyl (C=O) groups excluding carboxylic acids is 1. The summed E-state index contributed by atoms with van der Waals surface area (Å²) in [5, 5.41) is 2.69. The number of fused-ring (bicyclic) bond motifs is 1. The number of hydrogen-bond acceptors (Lipinski definition) is 3. The van der Waals surface area contributed by atoms with Gasteiger partial charge in [0.05, 0.1) is 5.25 Å². The molecule has 0 unspecified atom stereocenters. The largest absolute Gasteiger partial charge is 0.326 e. The van der Waals surface area contributed by atoms with Crippen LogP contribution in [0.25, 0.3) is 0 Å². The van der Waals surface area contributed by atoms with Gasteiger partial charge < -0.3 is 5.32 Å².